The molecule has 1 N–H and O–H groups in total. The van der Waals surface area contributed by atoms with E-state index < -0.39 is 11.2 Å². The van der Waals surface area contributed by atoms with E-state index in [9.17, 15) is 9.59 Å². The number of imidazole rings is 1. The van der Waals surface area contributed by atoms with Crippen LogP contribution < -0.4 is 16.0 Å². The number of rotatable bonds is 3. The minimum absolute atomic E-state index is 0.111. The van der Waals surface area contributed by atoms with E-state index in [1.54, 1.807) is 18.7 Å². The van der Waals surface area contributed by atoms with Crippen LogP contribution in [0.25, 0.3) is 11.2 Å². The van der Waals surface area contributed by atoms with Crippen molar-refractivity contribution in [1.82, 2.24) is 19.1 Å². The Kier molecular flexibility index (Phi) is 4.87. The van der Waals surface area contributed by atoms with Gasteiger partial charge in [-0.1, -0.05) is 24.8 Å². The highest BCUT2D eigenvalue weighted by Gasteiger charge is 2.14. The Morgan fingerprint density at radius 2 is 2.07 bits per heavy atom. The number of methoxy groups -OCH3 is 1. The Morgan fingerprint density at radius 1 is 1.30 bits per heavy atom. The van der Waals surface area contributed by atoms with Gasteiger partial charge in [0.2, 0.25) is 0 Å². The van der Waals surface area contributed by atoms with Gasteiger partial charge in [-0.15, -0.1) is 6.42 Å². The number of aromatic amines is 1. The van der Waals surface area contributed by atoms with Crippen LogP contribution in [0.3, 0.4) is 0 Å². The second-order valence-corrected chi connectivity index (χ2v) is 5.85. The van der Waals surface area contributed by atoms with Crippen molar-refractivity contribution in [3.8, 4) is 29.9 Å². The van der Waals surface area contributed by atoms with Crippen LogP contribution in [0.4, 0.5) is 0 Å². The molecular weight excluding hydrogens is 344 g/mol. The van der Waals surface area contributed by atoms with E-state index in [1.807, 2.05) is 18.2 Å². The third kappa shape index (κ3) is 3.23. The number of benzene rings is 1. The van der Waals surface area contributed by atoms with E-state index in [0.29, 0.717) is 5.82 Å². The minimum Gasteiger partial charge on any atom is -0.496 e. The molecule has 0 aliphatic carbocycles. The monoisotopic (exact) mass is 362 g/mol. The summed E-state index contributed by atoms with van der Waals surface area (Å²) < 4.78 is 7.88. The molecule has 0 spiro atoms. The summed E-state index contributed by atoms with van der Waals surface area (Å²) in [5.74, 6) is 9.38. The van der Waals surface area contributed by atoms with Crippen LogP contribution in [0.5, 0.6) is 5.75 Å². The maximum Gasteiger partial charge on any atom is 0.330 e. The van der Waals surface area contributed by atoms with Crippen LogP contribution in [0.1, 0.15) is 23.9 Å². The summed E-state index contributed by atoms with van der Waals surface area (Å²) >= 11 is 0. The largest absolute Gasteiger partial charge is 0.496 e. The van der Waals surface area contributed by atoms with Crippen LogP contribution in [-0.4, -0.2) is 26.2 Å². The molecule has 0 amide bonds. The summed E-state index contributed by atoms with van der Waals surface area (Å²) in [6, 6.07) is 5.72. The Bertz CT molecular complexity index is 1240. The number of H-pyrrole nitrogens is 1. The third-order valence-corrected chi connectivity index (χ3v) is 4.25. The molecule has 0 saturated heterocycles. The third-order valence-electron chi connectivity index (χ3n) is 4.25. The first-order valence-corrected chi connectivity index (χ1v) is 8.32. The highest BCUT2D eigenvalue weighted by atomic mass is 16.5. The van der Waals surface area contributed by atoms with Gasteiger partial charge in [0, 0.05) is 12.6 Å². The first kappa shape index (κ1) is 18.1. The normalized spacial score (nSPS) is 10.3. The predicted molar refractivity (Wildman–Crippen MR) is 103 cm³/mol. The molecule has 7 nitrogen and oxygen atoms in total. The van der Waals surface area contributed by atoms with E-state index >= 15 is 0 Å². The van der Waals surface area contributed by atoms with Gasteiger partial charge in [0.25, 0.3) is 5.56 Å². The van der Waals surface area contributed by atoms with Gasteiger partial charge in [-0.3, -0.25) is 9.78 Å². The Labute approximate surface area is 155 Å². The van der Waals surface area contributed by atoms with Crippen LogP contribution in [-0.2, 0) is 20.0 Å². The SMILES string of the molecule is C#CCn1c(=O)[nH]c2nc(C#Cc3ccc(CC)c(OC)c3)n(C)c2c1=O. The molecule has 0 atom stereocenters. The Balaban J connectivity index is 2.10. The first-order chi connectivity index (χ1) is 13.0. The molecule has 7 heteroatoms. The van der Waals surface area contributed by atoms with Crippen molar-refractivity contribution in [1.29, 1.82) is 0 Å². The smallest absolute Gasteiger partial charge is 0.330 e. The average molecular weight is 362 g/mol. The summed E-state index contributed by atoms with van der Waals surface area (Å²) in [6.45, 7) is 1.94. The van der Waals surface area contributed by atoms with E-state index in [2.05, 4.69) is 34.7 Å². The molecule has 0 aliphatic heterocycles. The Morgan fingerprint density at radius 3 is 2.74 bits per heavy atom. The molecule has 3 rings (SSSR count). The zero-order chi connectivity index (χ0) is 19.6. The number of hydrogen-bond acceptors (Lipinski definition) is 4. The fourth-order valence-electron chi connectivity index (χ4n) is 2.81. The highest BCUT2D eigenvalue weighted by Crippen LogP contribution is 2.20. The minimum atomic E-state index is -0.594. The molecule has 136 valence electrons. The fourth-order valence-corrected chi connectivity index (χ4v) is 2.81. The van der Waals surface area contributed by atoms with Gasteiger partial charge in [-0.25, -0.2) is 14.3 Å². The average Bonchev–Trinajstić information content (AvgIpc) is 2.98. The van der Waals surface area contributed by atoms with Crippen molar-refractivity contribution in [2.24, 2.45) is 7.05 Å². The lowest BCUT2D eigenvalue weighted by Gasteiger charge is -2.06. The maximum absolute atomic E-state index is 12.5. The van der Waals surface area contributed by atoms with Crippen LogP contribution in [0, 0.1) is 24.2 Å². The number of nitrogens with zero attached hydrogens (tertiary/aromatic N) is 3. The van der Waals surface area contributed by atoms with Crippen molar-refractivity contribution in [3.63, 3.8) is 0 Å². The number of nitrogens with one attached hydrogen (secondary N) is 1. The quantitative estimate of drug-likeness (QED) is 0.706. The van der Waals surface area contributed by atoms with Crippen molar-refractivity contribution < 1.29 is 4.74 Å². The van der Waals surface area contributed by atoms with E-state index in [-0.39, 0.29) is 17.7 Å². The molecular formula is C20H18N4O3. The second-order valence-electron chi connectivity index (χ2n) is 5.85. The number of terminal acetylenes is 1. The lowest BCUT2D eigenvalue weighted by molar-refractivity contribution is 0.410. The molecule has 0 saturated carbocycles. The number of aromatic nitrogens is 4. The zero-order valence-corrected chi connectivity index (χ0v) is 15.3. The van der Waals surface area contributed by atoms with Gasteiger partial charge in [0.05, 0.1) is 13.7 Å². The molecule has 2 heterocycles. The van der Waals surface area contributed by atoms with Crippen LogP contribution in [0.2, 0.25) is 0 Å². The number of ether oxygens (including phenoxy) is 1. The summed E-state index contributed by atoms with van der Waals surface area (Å²) in [5.41, 5.74) is 1.19. The first-order valence-electron chi connectivity index (χ1n) is 8.32. The summed E-state index contributed by atoms with van der Waals surface area (Å²) in [5, 5.41) is 0. The molecule has 0 bridgehead atoms. The maximum atomic E-state index is 12.5. The van der Waals surface area contributed by atoms with Gasteiger partial charge < -0.3 is 9.30 Å². The van der Waals surface area contributed by atoms with Crippen molar-refractivity contribution in [3.05, 3.63) is 56.0 Å². The molecule has 2 aromatic heterocycles. The molecule has 0 fully saturated rings. The number of fused-ring (bicyclic) bond motifs is 1. The lowest BCUT2D eigenvalue weighted by atomic mass is 10.1. The van der Waals surface area contributed by atoms with E-state index in [1.165, 1.54) is 0 Å². The van der Waals surface area contributed by atoms with Crippen LogP contribution >= 0.6 is 0 Å². The molecule has 0 aliphatic rings. The molecule has 1 aromatic carbocycles. The van der Waals surface area contributed by atoms with E-state index in [0.717, 1.165) is 27.9 Å². The number of hydrogen-bond donors (Lipinski definition) is 1. The van der Waals surface area contributed by atoms with Crippen molar-refractivity contribution >= 4 is 11.2 Å². The second kappa shape index (κ2) is 7.27. The van der Waals surface area contributed by atoms with Gasteiger partial charge >= 0.3 is 5.69 Å². The van der Waals surface area contributed by atoms with Crippen molar-refractivity contribution in [2.75, 3.05) is 7.11 Å². The van der Waals surface area contributed by atoms with E-state index in [4.69, 9.17) is 11.2 Å². The van der Waals surface area contributed by atoms with Crippen molar-refractivity contribution in [2.45, 2.75) is 19.9 Å². The van der Waals surface area contributed by atoms with Gasteiger partial charge in [-0.05, 0) is 30.0 Å². The summed E-state index contributed by atoms with van der Waals surface area (Å²) in [6.07, 6.45) is 6.08. The predicted octanol–water partition coefficient (Wildman–Crippen LogP) is 1.03. The molecule has 0 radical (unpaired) electrons. The Hall–Kier alpha value is -3.71. The highest BCUT2D eigenvalue weighted by molar-refractivity contribution is 5.71. The van der Waals surface area contributed by atoms with Gasteiger partial charge in [-0.2, -0.15) is 0 Å². The molecule has 27 heavy (non-hydrogen) atoms. The van der Waals surface area contributed by atoms with Gasteiger partial charge in [0.15, 0.2) is 17.0 Å². The van der Waals surface area contributed by atoms with Crippen LogP contribution in [0.15, 0.2) is 27.8 Å². The lowest BCUT2D eigenvalue weighted by Crippen LogP contribution is -2.35. The molecule has 3 aromatic rings. The van der Waals surface area contributed by atoms with Gasteiger partial charge in [0.1, 0.15) is 5.75 Å². The summed E-state index contributed by atoms with van der Waals surface area (Å²) in [7, 11) is 3.29. The summed E-state index contributed by atoms with van der Waals surface area (Å²) in [4.78, 5) is 31.3. The fraction of sp³-hybridized carbons (Fsp3) is 0.250. The molecule has 0 unspecified atom stereocenters. The zero-order valence-electron chi connectivity index (χ0n) is 15.3. The standard InChI is InChI=1S/C20H18N4O3/c1-5-11-24-19(25)17-18(22-20(24)26)21-16(23(17)3)10-8-13-7-9-14(6-2)15(12-13)27-4/h1,7,9,12H,6,11H2,2-4H3,(H,22,26). The topological polar surface area (TPSA) is 81.9 Å². The number of aryl methyl sites for hydroxylation is 2.